The van der Waals surface area contributed by atoms with Gasteiger partial charge in [-0.3, -0.25) is 14.3 Å². The molecule has 0 aliphatic heterocycles. The van der Waals surface area contributed by atoms with Crippen LogP contribution in [0.3, 0.4) is 0 Å². The van der Waals surface area contributed by atoms with E-state index in [1.807, 2.05) is 0 Å². The van der Waals surface area contributed by atoms with Crippen LogP contribution in [-0.4, -0.2) is 43.3 Å². The smallest absolute Gasteiger partial charge is 0.862 e. The molecule has 4 aliphatic carbocycles. The molecule has 3 fully saturated rings. The van der Waals surface area contributed by atoms with Crippen molar-refractivity contribution in [3.8, 4) is 0 Å². The molecule has 0 radical (unpaired) electrons. The van der Waals surface area contributed by atoms with Crippen LogP contribution in [0.1, 0.15) is 78.6 Å². The van der Waals surface area contributed by atoms with E-state index in [0.717, 1.165) is 31.3 Å². The molecule has 202 valence electrons. The third kappa shape index (κ3) is 6.98. The fourth-order valence-corrected chi connectivity index (χ4v) is 8.89. The molecule has 3 saturated carbocycles. The second kappa shape index (κ2) is 13.0. The van der Waals surface area contributed by atoms with E-state index >= 15 is 0 Å². The molecule has 8 atom stereocenters. The molecule has 0 aromatic heterocycles. The van der Waals surface area contributed by atoms with E-state index < -0.39 is 34.9 Å². The van der Waals surface area contributed by atoms with Gasteiger partial charge in [0.1, 0.15) is 0 Å². The molecule has 0 aromatic carbocycles. The molecule has 0 aromatic rings. The number of fused-ring (bicyclic) bond motifs is 5. The zero-order chi connectivity index (χ0) is 26.5. The Kier molecular flexibility index (Phi) is 11.8. The van der Waals surface area contributed by atoms with Crippen LogP contribution in [0.2, 0.25) is 0 Å². The normalized spacial score (nSPS) is 37.5. The summed E-state index contributed by atoms with van der Waals surface area (Å²) in [7, 11) is -4.54. The number of allylic oxidation sites excluding steroid dienone is 1. The average Bonchev–Trinajstić information content (AvgIpc) is 3.13. The number of ketones is 1. The molecule has 0 amide bonds. The predicted octanol–water partition coefficient (Wildman–Crippen LogP) is -4.13. The minimum absolute atomic E-state index is 0. The van der Waals surface area contributed by atoms with Gasteiger partial charge in [-0.25, -0.2) is 4.18 Å². The van der Waals surface area contributed by atoms with Crippen LogP contribution in [0, 0.1) is 40.4 Å². The molecule has 9 nitrogen and oxygen atoms in total. The molecule has 1 N–H and O–H groups in total. The first-order valence-corrected chi connectivity index (χ1v) is 14.4. The van der Waals surface area contributed by atoms with E-state index in [-0.39, 0.29) is 106 Å². The SMILES string of the molecule is C[C@H](CCC([O-])=NCC(=O)[O-])[C@H]1CC[C@H]2[C@@H]3C(=O)C=C4C[C@@H](OS(=O)(=O)O)CC[C@]4(C)[C@H]3CC[C@]12C.[Na+].[Na+]. The van der Waals surface area contributed by atoms with E-state index in [1.165, 1.54) is 0 Å². The van der Waals surface area contributed by atoms with Crippen molar-refractivity contribution in [3.63, 3.8) is 0 Å². The van der Waals surface area contributed by atoms with Crippen LogP contribution in [0.4, 0.5) is 0 Å². The van der Waals surface area contributed by atoms with Gasteiger partial charge in [0.05, 0.1) is 18.6 Å². The number of carboxylic acid groups (broad SMARTS) is 1. The minimum atomic E-state index is -4.54. The van der Waals surface area contributed by atoms with Crippen molar-refractivity contribution in [2.45, 2.75) is 84.7 Å². The van der Waals surface area contributed by atoms with E-state index in [2.05, 4.69) is 25.8 Å². The van der Waals surface area contributed by atoms with Crippen molar-refractivity contribution in [2.24, 2.45) is 45.4 Å². The summed E-state index contributed by atoms with van der Waals surface area (Å²) in [6.45, 7) is 6.05. The third-order valence-corrected chi connectivity index (χ3v) is 10.6. The van der Waals surface area contributed by atoms with Crippen LogP contribution in [0.15, 0.2) is 16.6 Å². The van der Waals surface area contributed by atoms with Gasteiger partial charge < -0.3 is 15.0 Å². The van der Waals surface area contributed by atoms with Gasteiger partial charge in [-0.2, -0.15) is 8.42 Å². The maximum Gasteiger partial charge on any atom is 1.00 e. The molecule has 0 spiro atoms. The van der Waals surface area contributed by atoms with Gasteiger partial charge in [0.15, 0.2) is 5.78 Å². The number of carbonyl (C=O) groups excluding carboxylic acids is 2. The number of carbonyl (C=O) groups is 2. The summed E-state index contributed by atoms with van der Waals surface area (Å²) < 4.78 is 36.4. The topological polar surface area (TPSA) is 156 Å². The molecule has 4 aliphatic rings. The van der Waals surface area contributed by atoms with Gasteiger partial charge in [0, 0.05) is 5.92 Å². The molecule has 38 heavy (non-hydrogen) atoms. The van der Waals surface area contributed by atoms with Gasteiger partial charge in [-0.15, -0.1) is 0 Å². The maximum atomic E-state index is 13.5. The Morgan fingerprint density at radius 2 is 1.84 bits per heavy atom. The standard InChI is InChI=1S/C26H39NO8S.2Na/c1-15(4-7-22(29)27-14-23(30)31)18-5-6-19-24-20(9-11-26(18,19)3)25(2)10-8-17(35-36(32,33)34)12-16(25)13-21(24)28;;/h13,15,17-20,24H,4-12,14H2,1-3H3,(H,27,29)(H,30,31)(H,32,33,34);;/q;2*+1/p-2/t15-,17+,18-,19+,20+,24+,25+,26-;;/m1../s1. The van der Waals surface area contributed by atoms with E-state index in [1.54, 1.807) is 6.08 Å². The number of hydrogen-bond donors (Lipinski definition) is 1. The average molecular weight is 570 g/mol. The number of rotatable bonds is 8. The largest absolute Gasteiger partial charge is 1.00 e. The first-order valence-electron chi connectivity index (χ1n) is 13.1. The first kappa shape index (κ1) is 34.4. The van der Waals surface area contributed by atoms with Crippen molar-refractivity contribution >= 4 is 28.0 Å². The van der Waals surface area contributed by atoms with Crippen LogP contribution >= 0.6 is 0 Å². The Morgan fingerprint density at radius 1 is 1.16 bits per heavy atom. The maximum absolute atomic E-state index is 13.5. The zero-order valence-electron chi connectivity index (χ0n) is 23.3. The molecule has 0 bridgehead atoms. The van der Waals surface area contributed by atoms with Gasteiger partial charge >= 0.3 is 69.5 Å². The Morgan fingerprint density at radius 3 is 2.47 bits per heavy atom. The third-order valence-electron chi connectivity index (χ3n) is 10.1. The minimum Gasteiger partial charge on any atom is -0.862 e. The molecule has 0 unspecified atom stereocenters. The van der Waals surface area contributed by atoms with Crippen molar-refractivity contribution < 1.29 is 96.1 Å². The van der Waals surface area contributed by atoms with E-state index in [4.69, 9.17) is 8.74 Å². The summed E-state index contributed by atoms with van der Waals surface area (Å²) in [5.74, 6) is -0.606. The molecular formula is C26H37NNa2O8S. The van der Waals surface area contributed by atoms with Crippen LogP contribution in [-0.2, 0) is 24.2 Å². The Bertz CT molecular complexity index is 1080. The fraction of sp³-hybridized carbons (Fsp3) is 0.808. The van der Waals surface area contributed by atoms with Crippen molar-refractivity contribution in [3.05, 3.63) is 11.6 Å². The van der Waals surface area contributed by atoms with Crippen molar-refractivity contribution in [1.29, 1.82) is 0 Å². The summed E-state index contributed by atoms with van der Waals surface area (Å²) in [5.41, 5.74) is 0.753. The second-order valence-electron chi connectivity index (χ2n) is 11.9. The summed E-state index contributed by atoms with van der Waals surface area (Å²) in [5, 5.41) is 22.5. The summed E-state index contributed by atoms with van der Waals surface area (Å²) in [6, 6.07) is 0. The first-order chi connectivity index (χ1) is 16.7. The zero-order valence-corrected chi connectivity index (χ0v) is 28.1. The fourth-order valence-electron chi connectivity index (χ4n) is 8.38. The molecule has 4 rings (SSSR count). The molecular weight excluding hydrogens is 532 g/mol. The van der Waals surface area contributed by atoms with Gasteiger partial charge in [-0.1, -0.05) is 26.3 Å². The van der Waals surface area contributed by atoms with Crippen LogP contribution < -0.4 is 69.3 Å². The quantitative estimate of drug-likeness (QED) is 0.134. The molecule has 0 saturated heterocycles. The van der Waals surface area contributed by atoms with Gasteiger partial charge in [0.25, 0.3) is 0 Å². The summed E-state index contributed by atoms with van der Waals surface area (Å²) >= 11 is 0. The Balaban J connectivity index is 0.00000253. The van der Waals surface area contributed by atoms with Crippen molar-refractivity contribution in [1.82, 2.24) is 0 Å². The van der Waals surface area contributed by atoms with E-state index in [9.17, 15) is 28.2 Å². The molecule has 0 heterocycles. The Labute approximate surface area is 270 Å². The second-order valence-corrected chi connectivity index (χ2v) is 13.0. The Hall–Kier alpha value is 0.220. The van der Waals surface area contributed by atoms with E-state index in [0.29, 0.717) is 31.6 Å². The predicted molar refractivity (Wildman–Crippen MR) is 128 cm³/mol. The number of carboxylic acids is 1. The monoisotopic (exact) mass is 569 g/mol. The number of aliphatic carboxylic acids is 1. The summed E-state index contributed by atoms with van der Waals surface area (Å²) in [6.07, 6.45) is 7.41. The van der Waals surface area contributed by atoms with Crippen molar-refractivity contribution in [2.75, 3.05) is 6.54 Å². The summed E-state index contributed by atoms with van der Waals surface area (Å²) in [4.78, 5) is 27.6. The number of hydrogen-bond acceptors (Lipinski definition) is 8. The van der Waals surface area contributed by atoms with Crippen LogP contribution in [0.25, 0.3) is 0 Å². The van der Waals surface area contributed by atoms with Gasteiger partial charge in [-0.05, 0) is 104 Å². The molecule has 12 heteroatoms. The van der Waals surface area contributed by atoms with Gasteiger partial charge in [0.2, 0.25) is 0 Å². The number of nitrogens with zero attached hydrogens (tertiary/aromatic N) is 1. The van der Waals surface area contributed by atoms with Crippen LogP contribution in [0.5, 0.6) is 0 Å². The number of aliphatic imine (C=N–C) groups is 1.